The van der Waals surface area contributed by atoms with Crippen LogP contribution >= 0.6 is 11.9 Å². The maximum atomic E-state index is 4.26. The molecule has 0 radical (unpaired) electrons. The summed E-state index contributed by atoms with van der Waals surface area (Å²) in [4.78, 5) is 5.53. The summed E-state index contributed by atoms with van der Waals surface area (Å²) in [5.41, 5.74) is 1.23. The van der Waals surface area contributed by atoms with Gasteiger partial charge in [-0.2, -0.15) is 0 Å². The minimum atomic E-state index is 1.04. The lowest BCUT2D eigenvalue weighted by atomic mass is 10.3. The highest BCUT2D eigenvalue weighted by Gasteiger charge is 2.07. The second-order valence-corrected chi connectivity index (χ2v) is 3.13. The van der Waals surface area contributed by atoms with Gasteiger partial charge in [0.1, 0.15) is 0 Å². The van der Waals surface area contributed by atoms with Gasteiger partial charge in [0.25, 0.3) is 0 Å². The van der Waals surface area contributed by atoms with Gasteiger partial charge in [0.05, 0.1) is 5.69 Å². The average molecular weight is 152 g/mol. The van der Waals surface area contributed by atoms with Crippen molar-refractivity contribution in [2.24, 2.45) is 0 Å². The molecule has 0 aliphatic carbocycles. The van der Waals surface area contributed by atoms with Gasteiger partial charge in [-0.3, -0.25) is 9.71 Å². The zero-order valence-electron chi connectivity index (χ0n) is 5.50. The lowest BCUT2D eigenvalue weighted by molar-refractivity contribution is 0.826. The first-order chi connectivity index (χ1) is 4.97. The second kappa shape index (κ2) is 2.60. The van der Waals surface area contributed by atoms with E-state index in [2.05, 4.69) is 15.8 Å². The van der Waals surface area contributed by atoms with Gasteiger partial charge >= 0.3 is 0 Å². The van der Waals surface area contributed by atoms with Gasteiger partial charge < -0.3 is 0 Å². The number of hydrogen-bond acceptors (Lipinski definition) is 3. The van der Waals surface area contributed by atoms with Crippen molar-refractivity contribution in [3.8, 4) is 0 Å². The van der Waals surface area contributed by atoms with Crippen molar-refractivity contribution in [3.63, 3.8) is 0 Å². The Bertz CT molecular complexity index is 212. The molecule has 2 rings (SSSR count). The average Bonchev–Trinajstić information content (AvgIpc) is 2.05. The SMILES string of the molecule is c1cnc2c(c1)SNCC2. The molecule has 1 N–H and O–H groups in total. The van der Waals surface area contributed by atoms with E-state index >= 15 is 0 Å². The number of hydrogen-bond donors (Lipinski definition) is 1. The highest BCUT2D eigenvalue weighted by Crippen LogP contribution is 2.21. The zero-order valence-corrected chi connectivity index (χ0v) is 6.32. The van der Waals surface area contributed by atoms with Crippen molar-refractivity contribution < 1.29 is 0 Å². The Morgan fingerprint density at radius 1 is 1.60 bits per heavy atom. The minimum Gasteiger partial charge on any atom is -0.260 e. The van der Waals surface area contributed by atoms with Crippen LogP contribution in [0.4, 0.5) is 0 Å². The molecule has 10 heavy (non-hydrogen) atoms. The maximum absolute atomic E-state index is 4.26. The summed E-state index contributed by atoms with van der Waals surface area (Å²) in [6.07, 6.45) is 2.91. The van der Waals surface area contributed by atoms with E-state index in [4.69, 9.17) is 0 Å². The van der Waals surface area contributed by atoms with Gasteiger partial charge in [0.15, 0.2) is 0 Å². The highest BCUT2D eigenvalue weighted by molar-refractivity contribution is 7.97. The van der Waals surface area contributed by atoms with E-state index in [1.165, 1.54) is 10.6 Å². The van der Waals surface area contributed by atoms with Crippen LogP contribution in [0.1, 0.15) is 5.69 Å². The Morgan fingerprint density at radius 2 is 2.60 bits per heavy atom. The molecule has 52 valence electrons. The van der Waals surface area contributed by atoms with Crippen LogP contribution in [0.2, 0.25) is 0 Å². The van der Waals surface area contributed by atoms with Crippen molar-refractivity contribution >= 4 is 11.9 Å². The molecule has 0 atom stereocenters. The van der Waals surface area contributed by atoms with Gasteiger partial charge in [-0.1, -0.05) is 0 Å². The minimum absolute atomic E-state index is 1.04. The molecule has 3 heteroatoms. The van der Waals surface area contributed by atoms with Crippen LogP contribution in [0.3, 0.4) is 0 Å². The highest BCUT2D eigenvalue weighted by atomic mass is 32.2. The van der Waals surface area contributed by atoms with Crippen LogP contribution < -0.4 is 4.72 Å². The third-order valence-electron chi connectivity index (χ3n) is 1.49. The van der Waals surface area contributed by atoms with Crippen LogP contribution in [0.15, 0.2) is 23.2 Å². The third-order valence-corrected chi connectivity index (χ3v) is 2.43. The molecule has 0 unspecified atom stereocenters. The van der Waals surface area contributed by atoms with Gasteiger partial charge in [0, 0.05) is 24.1 Å². The van der Waals surface area contributed by atoms with Crippen LogP contribution in [0, 0.1) is 0 Å². The first kappa shape index (κ1) is 6.19. The smallest absolute Gasteiger partial charge is 0.0565 e. The Labute approximate surface area is 64.2 Å². The van der Waals surface area contributed by atoms with Gasteiger partial charge in [-0.15, -0.1) is 0 Å². The number of aromatic nitrogens is 1. The molecule has 2 nitrogen and oxygen atoms in total. The summed E-state index contributed by atoms with van der Waals surface area (Å²) in [5, 5.41) is 0. The second-order valence-electron chi connectivity index (χ2n) is 2.19. The van der Waals surface area contributed by atoms with Crippen LogP contribution in [-0.2, 0) is 6.42 Å². The normalized spacial score (nSPS) is 16.4. The Balaban J connectivity index is 2.41. The summed E-state index contributed by atoms with van der Waals surface area (Å²) >= 11 is 1.68. The summed E-state index contributed by atoms with van der Waals surface area (Å²) in [6.45, 7) is 1.04. The fourth-order valence-electron chi connectivity index (χ4n) is 1.00. The van der Waals surface area contributed by atoms with Crippen molar-refractivity contribution in [2.75, 3.05) is 6.54 Å². The van der Waals surface area contributed by atoms with Gasteiger partial charge in [-0.05, 0) is 24.1 Å². The third kappa shape index (κ3) is 1.02. The molecule has 0 fully saturated rings. The maximum Gasteiger partial charge on any atom is 0.0565 e. The molecule has 1 aromatic heterocycles. The number of rotatable bonds is 0. The first-order valence-electron chi connectivity index (χ1n) is 3.30. The number of nitrogens with one attached hydrogen (secondary N) is 1. The standard InChI is InChI=1S/C7H8N2S/c1-2-7-6(8-4-1)3-5-9-10-7/h1-2,4,9H,3,5H2. The van der Waals surface area contributed by atoms with E-state index in [-0.39, 0.29) is 0 Å². The molecule has 2 heterocycles. The summed E-state index contributed by atoms with van der Waals surface area (Å²) < 4.78 is 3.22. The molecule has 1 aliphatic rings. The molecule has 1 aliphatic heterocycles. The summed E-state index contributed by atoms with van der Waals surface area (Å²) in [5.74, 6) is 0. The van der Waals surface area contributed by atoms with E-state index < -0.39 is 0 Å². The molecule has 0 spiro atoms. The predicted octanol–water partition coefficient (Wildman–Crippen LogP) is 1.23. The largest absolute Gasteiger partial charge is 0.260 e. The van der Waals surface area contributed by atoms with Crippen molar-refractivity contribution in [2.45, 2.75) is 11.3 Å². The predicted molar refractivity (Wildman–Crippen MR) is 41.8 cm³/mol. The first-order valence-corrected chi connectivity index (χ1v) is 4.12. The van der Waals surface area contributed by atoms with Crippen molar-refractivity contribution in [1.82, 2.24) is 9.71 Å². The van der Waals surface area contributed by atoms with E-state index in [1.807, 2.05) is 12.3 Å². The monoisotopic (exact) mass is 152 g/mol. The fraction of sp³-hybridized carbons (Fsp3) is 0.286. The molecule has 0 bridgehead atoms. The Morgan fingerprint density at radius 3 is 3.50 bits per heavy atom. The molecule has 0 amide bonds. The molecular formula is C7H8N2S. The molecule has 0 saturated carbocycles. The number of fused-ring (bicyclic) bond motifs is 1. The van der Waals surface area contributed by atoms with E-state index in [9.17, 15) is 0 Å². The van der Waals surface area contributed by atoms with Crippen molar-refractivity contribution in [3.05, 3.63) is 24.0 Å². The van der Waals surface area contributed by atoms with Gasteiger partial charge in [-0.25, -0.2) is 0 Å². The quantitative estimate of drug-likeness (QED) is 0.566. The van der Waals surface area contributed by atoms with Gasteiger partial charge in [0.2, 0.25) is 0 Å². The van der Waals surface area contributed by atoms with E-state index in [1.54, 1.807) is 11.9 Å². The Hall–Kier alpha value is -0.540. The lowest BCUT2D eigenvalue weighted by Gasteiger charge is -2.13. The summed E-state index contributed by atoms with van der Waals surface area (Å²) in [7, 11) is 0. The van der Waals surface area contributed by atoms with E-state index in [0.29, 0.717) is 0 Å². The van der Waals surface area contributed by atoms with Crippen LogP contribution in [0.25, 0.3) is 0 Å². The Kier molecular flexibility index (Phi) is 1.61. The molecule has 0 aromatic carbocycles. The van der Waals surface area contributed by atoms with E-state index in [0.717, 1.165) is 13.0 Å². The topological polar surface area (TPSA) is 24.9 Å². The van der Waals surface area contributed by atoms with Crippen LogP contribution in [0.5, 0.6) is 0 Å². The zero-order chi connectivity index (χ0) is 6.81. The fourth-order valence-corrected chi connectivity index (χ4v) is 1.78. The van der Waals surface area contributed by atoms with Crippen LogP contribution in [-0.4, -0.2) is 11.5 Å². The lowest BCUT2D eigenvalue weighted by Crippen LogP contribution is -2.15. The molecular weight excluding hydrogens is 144 g/mol. The molecule has 1 aromatic rings. The van der Waals surface area contributed by atoms with Crippen molar-refractivity contribution in [1.29, 1.82) is 0 Å². The number of pyridine rings is 1. The molecule has 0 saturated heterocycles. The number of nitrogens with zero attached hydrogens (tertiary/aromatic N) is 1. The summed E-state index contributed by atoms with van der Waals surface area (Å²) in [6, 6.07) is 4.07.